The molecule has 3 aromatic rings. The Labute approximate surface area is 120 Å². The minimum absolute atomic E-state index is 1.26. The van der Waals surface area contributed by atoms with E-state index in [1.807, 2.05) is 0 Å². The van der Waals surface area contributed by atoms with Gasteiger partial charge in [-0.2, -0.15) is 0 Å². The molecule has 0 unspecified atom stereocenters. The fourth-order valence-corrected chi connectivity index (χ4v) is 2.75. The summed E-state index contributed by atoms with van der Waals surface area (Å²) in [6, 6.07) is 25.8. The number of benzene rings is 3. The fourth-order valence-electron chi connectivity index (χ4n) is 2.75. The van der Waals surface area contributed by atoms with Crippen molar-refractivity contribution in [2.75, 3.05) is 0 Å². The van der Waals surface area contributed by atoms with E-state index in [9.17, 15) is 0 Å². The molecule has 0 aliphatic heterocycles. The maximum Gasteiger partial charge on any atom is -0.0125 e. The van der Waals surface area contributed by atoms with Crippen LogP contribution < -0.4 is 0 Å². The third kappa shape index (κ3) is 2.37. The van der Waals surface area contributed by atoms with Gasteiger partial charge in [-0.1, -0.05) is 66.7 Å². The molecule has 0 saturated carbocycles. The molecule has 0 nitrogen and oxygen atoms in total. The maximum absolute atomic E-state index is 2.28. The number of aryl methyl sites for hydroxylation is 2. The summed E-state index contributed by atoms with van der Waals surface area (Å²) in [5.41, 5.74) is 7.84. The Morgan fingerprint density at radius 2 is 1.05 bits per heavy atom. The van der Waals surface area contributed by atoms with Crippen molar-refractivity contribution in [2.24, 2.45) is 0 Å². The van der Waals surface area contributed by atoms with Crippen molar-refractivity contribution in [3.8, 4) is 22.3 Å². The largest absolute Gasteiger partial charge is 0.0622 e. The molecule has 3 rings (SSSR count). The molecule has 20 heavy (non-hydrogen) atoms. The SMILES string of the molecule is Cc1cccc(C)c1-c1cccc(-c2ccccc2)c1. The molecule has 0 radical (unpaired) electrons. The summed E-state index contributed by atoms with van der Waals surface area (Å²) in [4.78, 5) is 0. The summed E-state index contributed by atoms with van der Waals surface area (Å²) in [7, 11) is 0. The summed E-state index contributed by atoms with van der Waals surface area (Å²) >= 11 is 0. The zero-order valence-corrected chi connectivity index (χ0v) is 11.9. The summed E-state index contributed by atoms with van der Waals surface area (Å²) in [6.07, 6.45) is 0. The Bertz CT molecular complexity index is 704. The van der Waals surface area contributed by atoms with E-state index in [0.717, 1.165) is 0 Å². The smallest absolute Gasteiger partial charge is 0.0125 e. The predicted octanol–water partition coefficient (Wildman–Crippen LogP) is 5.64. The third-order valence-corrected chi connectivity index (χ3v) is 3.74. The monoisotopic (exact) mass is 258 g/mol. The second kappa shape index (κ2) is 5.34. The van der Waals surface area contributed by atoms with Gasteiger partial charge in [-0.3, -0.25) is 0 Å². The van der Waals surface area contributed by atoms with Crippen LogP contribution in [0.2, 0.25) is 0 Å². The van der Waals surface area contributed by atoms with Gasteiger partial charge in [-0.25, -0.2) is 0 Å². The molecular formula is C20H18. The van der Waals surface area contributed by atoms with Crippen LogP contribution in [0.4, 0.5) is 0 Å². The quantitative estimate of drug-likeness (QED) is 0.558. The van der Waals surface area contributed by atoms with Crippen molar-refractivity contribution < 1.29 is 0 Å². The number of rotatable bonds is 2. The summed E-state index contributed by atoms with van der Waals surface area (Å²) in [5, 5.41) is 0. The standard InChI is InChI=1S/C20H18/c1-15-8-6-9-16(2)20(15)19-13-7-12-18(14-19)17-10-4-3-5-11-17/h3-14H,1-2H3. The van der Waals surface area contributed by atoms with E-state index in [4.69, 9.17) is 0 Å². The Kier molecular flexibility index (Phi) is 3.39. The highest BCUT2D eigenvalue weighted by Crippen LogP contribution is 2.30. The van der Waals surface area contributed by atoms with Crippen LogP contribution in [0.3, 0.4) is 0 Å². The Morgan fingerprint density at radius 1 is 0.500 bits per heavy atom. The summed E-state index contributed by atoms with van der Waals surface area (Å²) < 4.78 is 0. The number of hydrogen-bond acceptors (Lipinski definition) is 0. The first-order chi connectivity index (χ1) is 9.75. The van der Waals surface area contributed by atoms with Crippen molar-refractivity contribution in [1.82, 2.24) is 0 Å². The first-order valence-electron chi connectivity index (χ1n) is 6.98. The molecular weight excluding hydrogens is 240 g/mol. The first-order valence-corrected chi connectivity index (χ1v) is 6.98. The molecule has 0 aliphatic carbocycles. The molecule has 0 spiro atoms. The molecule has 0 heteroatoms. The highest BCUT2D eigenvalue weighted by atomic mass is 14.1. The molecule has 0 heterocycles. The Morgan fingerprint density at radius 3 is 1.75 bits per heavy atom. The predicted molar refractivity (Wildman–Crippen MR) is 86.8 cm³/mol. The second-order valence-electron chi connectivity index (χ2n) is 5.21. The summed E-state index contributed by atoms with van der Waals surface area (Å²) in [6.45, 7) is 4.36. The molecule has 98 valence electrons. The molecule has 0 aromatic heterocycles. The highest BCUT2D eigenvalue weighted by molar-refractivity contribution is 5.76. The number of hydrogen-bond donors (Lipinski definition) is 0. The lowest BCUT2D eigenvalue weighted by atomic mass is 9.93. The lowest BCUT2D eigenvalue weighted by molar-refractivity contribution is 1.38. The molecule has 0 atom stereocenters. The summed E-state index contributed by atoms with van der Waals surface area (Å²) in [5.74, 6) is 0. The molecule has 0 fully saturated rings. The molecule has 3 aromatic carbocycles. The van der Waals surface area contributed by atoms with Crippen molar-refractivity contribution in [2.45, 2.75) is 13.8 Å². The lowest BCUT2D eigenvalue weighted by Crippen LogP contribution is -1.88. The van der Waals surface area contributed by atoms with Gasteiger partial charge in [-0.15, -0.1) is 0 Å². The van der Waals surface area contributed by atoms with E-state index in [-0.39, 0.29) is 0 Å². The zero-order valence-electron chi connectivity index (χ0n) is 11.9. The normalized spacial score (nSPS) is 10.5. The van der Waals surface area contributed by atoms with Gasteiger partial charge < -0.3 is 0 Å². The highest BCUT2D eigenvalue weighted by Gasteiger charge is 2.06. The van der Waals surface area contributed by atoms with Crippen LogP contribution in [0.1, 0.15) is 11.1 Å². The van der Waals surface area contributed by atoms with Gasteiger partial charge in [0.25, 0.3) is 0 Å². The Balaban J connectivity index is 2.13. The molecule has 0 N–H and O–H groups in total. The van der Waals surface area contributed by atoms with Crippen LogP contribution in [0, 0.1) is 13.8 Å². The van der Waals surface area contributed by atoms with Crippen molar-refractivity contribution in [3.05, 3.63) is 83.9 Å². The van der Waals surface area contributed by atoms with Gasteiger partial charge in [0.05, 0.1) is 0 Å². The maximum atomic E-state index is 2.28. The van der Waals surface area contributed by atoms with E-state index in [0.29, 0.717) is 0 Å². The Hall–Kier alpha value is -2.34. The average molecular weight is 258 g/mol. The van der Waals surface area contributed by atoms with E-state index in [2.05, 4.69) is 86.6 Å². The van der Waals surface area contributed by atoms with Crippen LogP contribution in [0.25, 0.3) is 22.3 Å². The van der Waals surface area contributed by atoms with Crippen LogP contribution in [0.15, 0.2) is 72.8 Å². The van der Waals surface area contributed by atoms with Crippen LogP contribution >= 0.6 is 0 Å². The minimum atomic E-state index is 1.26. The van der Waals surface area contributed by atoms with Crippen molar-refractivity contribution >= 4 is 0 Å². The van der Waals surface area contributed by atoms with Crippen LogP contribution in [-0.4, -0.2) is 0 Å². The van der Waals surface area contributed by atoms with Gasteiger partial charge in [0.1, 0.15) is 0 Å². The topological polar surface area (TPSA) is 0 Å². The molecule has 0 bridgehead atoms. The van der Waals surface area contributed by atoms with E-state index < -0.39 is 0 Å². The van der Waals surface area contributed by atoms with Crippen LogP contribution in [0.5, 0.6) is 0 Å². The third-order valence-electron chi connectivity index (χ3n) is 3.74. The van der Waals surface area contributed by atoms with Gasteiger partial charge in [0.15, 0.2) is 0 Å². The lowest BCUT2D eigenvalue weighted by Gasteiger charge is -2.11. The van der Waals surface area contributed by atoms with E-state index in [1.54, 1.807) is 0 Å². The van der Waals surface area contributed by atoms with Gasteiger partial charge in [0.2, 0.25) is 0 Å². The van der Waals surface area contributed by atoms with Gasteiger partial charge in [0, 0.05) is 0 Å². The van der Waals surface area contributed by atoms with Crippen molar-refractivity contribution in [1.29, 1.82) is 0 Å². The minimum Gasteiger partial charge on any atom is -0.0622 e. The first kappa shape index (κ1) is 12.7. The van der Waals surface area contributed by atoms with E-state index >= 15 is 0 Å². The molecule has 0 amide bonds. The fraction of sp³-hybridized carbons (Fsp3) is 0.100. The second-order valence-corrected chi connectivity index (χ2v) is 5.21. The van der Waals surface area contributed by atoms with Gasteiger partial charge >= 0.3 is 0 Å². The van der Waals surface area contributed by atoms with Gasteiger partial charge in [-0.05, 0) is 53.3 Å². The van der Waals surface area contributed by atoms with Crippen LogP contribution in [-0.2, 0) is 0 Å². The molecule has 0 aliphatic rings. The molecule has 0 saturated heterocycles. The average Bonchev–Trinajstić information content (AvgIpc) is 2.48. The zero-order chi connectivity index (χ0) is 13.9. The van der Waals surface area contributed by atoms with Crippen molar-refractivity contribution in [3.63, 3.8) is 0 Å². The van der Waals surface area contributed by atoms with E-state index in [1.165, 1.54) is 33.4 Å².